The molecule has 2 amide bonds. The molecule has 0 bridgehead atoms. The molecule has 1 aromatic rings. The van der Waals surface area contributed by atoms with Crippen LogP contribution in [0.25, 0.3) is 0 Å². The van der Waals surface area contributed by atoms with Crippen LogP contribution in [0.1, 0.15) is 17.5 Å². The van der Waals surface area contributed by atoms with Gasteiger partial charge in [0.25, 0.3) is 0 Å². The van der Waals surface area contributed by atoms with Crippen LogP contribution >= 0.6 is 23.1 Å². The summed E-state index contributed by atoms with van der Waals surface area (Å²) < 4.78 is 5.17. The molecule has 0 aliphatic heterocycles. The van der Waals surface area contributed by atoms with Gasteiger partial charge < -0.3 is 9.84 Å². The maximum atomic E-state index is 11.4. The minimum absolute atomic E-state index is 0.0122. The van der Waals surface area contributed by atoms with Crippen molar-refractivity contribution in [3.63, 3.8) is 0 Å². The first-order valence-corrected chi connectivity index (χ1v) is 7.50. The standard InChI is InChI=1S/C11H14N2O5S2/c1-3-18-10(17)13-8(14)5-19-11-12-6(2)7(20-11)4-9(15)16/h3-5H2,1-2H3,(H,15,16)(H,13,14,17). The number of hydrogen-bond donors (Lipinski definition) is 2. The molecular formula is C11H14N2O5S2. The van der Waals surface area contributed by atoms with Gasteiger partial charge in [0.15, 0.2) is 4.34 Å². The number of nitrogens with one attached hydrogen (secondary N) is 1. The van der Waals surface area contributed by atoms with Crippen LogP contribution in [0.4, 0.5) is 4.79 Å². The third-order valence-electron chi connectivity index (χ3n) is 2.03. The molecule has 0 aromatic carbocycles. The highest BCUT2D eigenvalue weighted by molar-refractivity contribution is 8.01. The zero-order valence-corrected chi connectivity index (χ0v) is 12.6. The minimum Gasteiger partial charge on any atom is -0.481 e. The van der Waals surface area contributed by atoms with Crippen LogP contribution in [0.15, 0.2) is 4.34 Å². The van der Waals surface area contributed by atoms with E-state index in [4.69, 9.17) is 5.11 Å². The van der Waals surface area contributed by atoms with Crippen LogP contribution in [0.2, 0.25) is 0 Å². The Morgan fingerprint density at radius 2 is 2.15 bits per heavy atom. The summed E-state index contributed by atoms with van der Waals surface area (Å²) >= 11 is 2.38. The first-order chi connectivity index (χ1) is 9.42. The number of carbonyl (C=O) groups is 3. The molecule has 9 heteroatoms. The second-order valence-corrected chi connectivity index (χ2v) is 5.92. The number of amides is 2. The van der Waals surface area contributed by atoms with Gasteiger partial charge in [-0.05, 0) is 13.8 Å². The van der Waals surface area contributed by atoms with E-state index in [-0.39, 0.29) is 18.8 Å². The zero-order chi connectivity index (χ0) is 15.1. The molecule has 0 atom stereocenters. The quantitative estimate of drug-likeness (QED) is 0.764. The number of aryl methyl sites for hydroxylation is 1. The van der Waals surface area contributed by atoms with E-state index in [2.05, 4.69) is 15.0 Å². The van der Waals surface area contributed by atoms with Gasteiger partial charge in [-0.15, -0.1) is 11.3 Å². The molecule has 1 rings (SSSR count). The number of carboxylic acid groups (broad SMARTS) is 1. The average molecular weight is 318 g/mol. The van der Waals surface area contributed by atoms with Gasteiger partial charge in [-0.1, -0.05) is 11.8 Å². The molecule has 0 aliphatic rings. The number of thioether (sulfide) groups is 1. The summed E-state index contributed by atoms with van der Waals surface area (Å²) in [6.45, 7) is 3.55. The summed E-state index contributed by atoms with van der Waals surface area (Å²) in [6.07, 6.45) is -0.862. The Balaban J connectivity index is 2.47. The fraction of sp³-hybridized carbons (Fsp3) is 0.455. The highest BCUT2D eigenvalue weighted by Crippen LogP contribution is 2.27. The Kier molecular flexibility index (Phi) is 6.46. The van der Waals surface area contributed by atoms with Crippen molar-refractivity contribution in [3.8, 4) is 0 Å². The number of thiazole rings is 1. The number of rotatable bonds is 6. The molecule has 7 nitrogen and oxygen atoms in total. The van der Waals surface area contributed by atoms with Crippen LogP contribution in [-0.2, 0) is 20.7 Å². The number of imide groups is 1. The molecule has 2 N–H and O–H groups in total. The molecule has 0 aliphatic carbocycles. The number of aromatic nitrogens is 1. The lowest BCUT2D eigenvalue weighted by atomic mass is 10.3. The normalized spacial score (nSPS) is 10.1. The van der Waals surface area contributed by atoms with Gasteiger partial charge in [-0.2, -0.15) is 0 Å². The second-order valence-electron chi connectivity index (χ2n) is 3.62. The molecule has 0 spiro atoms. The van der Waals surface area contributed by atoms with E-state index in [9.17, 15) is 14.4 Å². The van der Waals surface area contributed by atoms with E-state index in [0.717, 1.165) is 11.8 Å². The van der Waals surface area contributed by atoms with Crippen LogP contribution in [0, 0.1) is 6.92 Å². The van der Waals surface area contributed by atoms with Crippen molar-refractivity contribution in [2.45, 2.75) is 24.6 Å². The minimum atomic E-state index is -0.923. The summed E-state index contributed by atoms with van der Waals surface area (Å²) in [6, 6.07) is 0. The first-order valence-electron chi connectivity index (χ1n) is 5.69. The predicted molar refractivity (Wildman–Crippen MR) is 74.1 cm³/mol. The molecule has 0 fully saturated rings. The van der Waals surface area contributed by atoms with Gasteiger partial charge in [0.1, 0.15) is 0 Å². The van der Waals surface area contributed by atoms with Crippen molar-refractivity contribution in [1.82, 2.24) is 10.3 Å². The van der Waals surface area contributed by atoms with E-state index < -0.39 is 18.0 Å². The second kappa shape index (κ2) is 7.85. The van der Waals surface area contributed by atoms with Crippen LogP contribution in [0.3, 0.4) is 0 Å². The number of carbonyl (C=O) groups excluding carboxylic acids is 2. The lowest BCUT2D eigenvalue weighted by Gasteiger charge is -2.02. The van der Waals surface area contributed by atoms with Crippen molar-refractivity contribution in [2.24, 2.45) is 0 Å². The van der Waals surface area contributed by atoms with E-state index in [1.807, 2.05) is 0 Å². The number of hydrogen-bond acceptors (Lipinski definition) is 7. The SMILES string of the molecule is CCOC(=O)NC(=O)CSc1nc(C)c(CC(=O)O)s1. The lowest BCUT2D eigenvalue weighted by Crippen LogP contribution is -2.32. The Bertz CT molecular complexity index is 515. The highest BCUT2D eigenvalue weighted by atomic mass is 32.2. The highest BCUT2D eigenvalue weighted by Gasteiger charge is 2.14. The van der Waals surface area contributed by atoms with Gasteiger partial charge in [0.05, 0.1) is 24.5 Å². The molecule has 0 radical (unpaired) electrons. The smallest absolute Gasteiger partial charge is 0.413 e. The van der Waals surface area contributed by atoms with E-state index >= 15 is 0 Å². The van der Waals surface area contributed by atoms with Crippen LogP contribution < -0.4 is 5.32 Å². The average Bonchev–Trinajstić information content (AvgIpc) is 2.67. The Morgan fingerprint density at radius 3 is 2.75 bits per heavy atom. The summed E-state index contributed by atoms with van der Waals surface area (Å²) in [5.41, 5.74) is 0.644. The summed E-state index contributed by atoms with van der Waals surface area (Å²) in [7, 11) is 0. The van der Waals surface area contributed by atoms with Gasteiger partial charge >= 0.3 is 12.1 Å². The van der Waals surface area contributed by atoms with Gasteiger partial charge in [-0.3, -0.25) is 14.9 Å². The largest absolute Gasteiger partial charge is 0.481 e. The summed E-state index contributed by atoms with van der Waals surface area (Å²) in [5.74, 6) is -1.40. The number of alkyl carbamates (subject to hydrolysis) is 1. The topological polar surface area (TPSA) is 106 Å². The molecule has 0 unspecified atom stereocenters. The maximum Gasteiger partial charge on any atom is 0.413 e. The number of nitrogens with zero attached hydrogens (tertiary/aromatic N) is 1. The molecule has 110 valence electrons. The monoisotopic (exact) mass is 318 g/mol. The fourth-order valence-corrected chi connectivity index (χ4v) is 3.23. The fourth-order valence-electron chi connectivity index (χ4n) is 1.21. The summed E-state index contributed by atoms with van der Waals surface area (Å²) in [5, 5.41) is 10.8. The first kappa shape index (κ1) is 16.4. The predicted octanol–water partition coefficient (Wildman–Crippen LogP) is 1.44. The van der Waals surface area contributed by atoms with Crippen molar-refractivity contribution in [2.75, 3.05) is 12.4 Å². The lowest BCUT2D eigenvalue weighted by molar-refractivity contribution is -0.136. The van der Waals surface area contributed by atoms with Gasteiger partial charge in [-0.25, -0.2) is 9.78 Å². The summed E-state index contributed by atoms with van der Waals surface area (Å²) in [4.78, 5) is 37.9. The molecule has 1 aromatic heterocycles. The van der Waals surface area contributed by atoms with E-state index in [1.165, 1.54) is 11.3 Å². The maximum absolute atomic E-state index is 11.4. The number of carboxylic acids is 1. The number of aliphatic carboxylic acids is 1. The van der Waals surface area contributed by atoms with Crippen molar-refractivity contribution >= 4 is 41.1 Å². The third-order valence-corrected chi connectivity index (χ3v) is 4.33. The molecular weight excluding hydrogens is 304 g/mol. The van der Waals surface area contributed by atoms with Gasteiger partial charge in [0.2, 0.25) is 5.91 Å². The van der Waals surface area contributed by atoms with E-state index in [1.54, 1.807) is 13.8 Å². The van der Waals surface area contributed by atoms with Crippen molar-refractivity contribution in [3.05, 3.63) is 10.6 Å². The molecule has 0 saturated heterocycles. The number of ether oxygens (including phenoxy) is 1. The third kappa shape index (κ3) is 5.57. The van der Waals surface area contributed by atoms with Crippen molar-refractivity contribution in [1.29, 1.82) is 0 Å². The molecule has 0 saturated carbocycles. The van der Waals surface area contributed by atoms with Crippen molar-refractivity contribution < 1.29 is 24.2 Å². The Morgan fingerprint density at radius 1 is 1.45 bits per heavy atom. The molecule has 1 heterocycles. The van der Waals surface area contributed by atoms with E-state index in [0.29, 0.717) is 14.9 Å². The van der Waals surface area contributed by atoms with Crippen LogP contribution in [-0.4, -0.2) is 40.4 Å². The van der Waals surface area contributed by atoms with Crippen LogP contribution in [0.5, 0.6) is 0 Å². The zero-order valence-electron chi connectivity index (χ0n) is 11.0. The molecule has 20 heavy (non-hydrogen) atoms. The Hall–Kier alpha value is -1.61. The Labute approximate surface area is 123 Å². The van der Waals surface area contributed by atoms with Gasteiger partial charge in [0, 0.05) is 4.88 Å².